The van der Waals surface area contributed by atoms with Crippen molar-refractivity contribution in [3.8, 4) is 6.07 Å². The van der Waals surface area contributed by atoms with Gasteiger partial charge < -0.3 is 4.90 Å². The van der Waals surface area contributed by atoms with E-state index in [0.717, 1.165) is 5.56 Å². The molecule has 146 valence electrons. The Hall–Kier alpha value is -2.72. The maximum absolute atomic E-state index is 13.5. The van der Waals surface area contributed by atoms with Gasteiger partial charge in [0.2, 0.25) is 5.91 Å². The summed E-state index contributed by atoms with van der Waals surface area (Å²) in [5.41, 5.74) is 2.05. The van der Waals surface area contributed by atoms with E-state index in [-0.39, 0.29) is 42.1 Å². The maximum Gasteiger partial charge on any atom is 0.223 e. The van der Waals surface area contributed by atoms with Crippen molar-refractivity contribution in [2.45, 2.75) is 25.9 Å². The Balaban J connectivity index is 1.76. The molecule has 1 atom stereocenters. The lowest BCUT2D eigenvalue weighted by molar-refractivity contribution is -0.133. The summed E-state index contributed by atoms with van der Waals surface area (Å²) in [7, 11) is -3.05. The average molecular weight is 400 g/mol. The van der Waals surface area contributed by atoms with E-state index in [1.54, 1.807) is 41.3 Å². The molecule has 0 aromatic heterocycles. The predicted octanol–water partition coefficient (Wildman–Crippen LogP) is 3.05. The Labute approximate surface area is 164 Å². The van der Waals surface area contributed by atoms with Gasteiger partial charge in [-0.2, -0.15) is 5.26 Å². The fourth-order valence-electron chi connectivity index (χ4n) is 3.40. The molecule has 0 radical (unpaired) electrons. The van der Waals surface area contributed by atoms with Gasteiger partial charge in [0, 0.05) is 19.5 Å². The number of carbonyl (C=O) groups excluding carboxylic acids is 1. The highest BCUT2D eigenvalue weighted by atomic mass is 32.2. The van der Waals surface area contributed by atoms with Gasteiger partial charge in [-0.15, -0.1) is 0 Å². The van der Waals surface area contributed by atoms with E-state index in [1.807, 2.05) is 0 Å². The van der Waals surface area contributed by atoms with Crippen molar-refractivity contribution in [3.63, 3.8) is 0 Å². The molecule has 1 heterocycles. The molecule has 1 aliphatic rings. The zero-order valence-electron chi connectivity index (χ0n) is 15.3. The minimum absolute atomic E-state index is 0.0451. The number of hydrogen-bond acceptors (Lipinski definition) is 4. The second kappa shape index (κ2) is 8.53. The summed E-state index contributed by atoms with van der Waals surface area (Å²) in [6.45, 7) is 0.538. The summed E-state index contributed by atoms with van der Waals surface area (Å²) in [6, 6.07) is 15.1. The van der Waals surface area contributed by atoms with Crippen molar-refractivity contribution in [3.05, 3.63) is 71.0 Å². The fraction of sp³-hybridized carbons (Fsp3) is 0.333. The summed E-state index contributed by atoms with van der Waals surface area (Å²) in [5, 5.41) is 8.92. The smallest absolute Gasteiger partial charge is 0.223 e. The van der Waals surface area contributed by atoms with Gasteiger partial charge in [-0.1, -0.05) is 24.3 Å². The Kier molecular flexibility index (Phi) is 6.10. The number of rotatable bonds is 6. The number of amides is 1. The average Bonchev–Trinajstić information content (AvgIpc) is 3.00. The van der Waals surface area contributed by atoms with Crippen LogP contribution in [0.25, 0.3) is 0 Å². The molecular formula is C21H21FN2O3S. The molecular weight excluding hydrogens is 379 g/mol. The molecule has 1 saturated heterocycles. The molecule has 2 aromatic carbocycles. The molecule has 0 spiro atoms. The highest BCUT2D eigenvalue weighted by molar-refractivity contribution is 7.91. The second-order valence-corrected chi connectivity index (χ2v) is 9.39. The highest BCUT2D eigenvalue weighted by Gasteiger charge is 2.30. The number of halogens is 1. The molecule has 28 heavy (non-hydrogen) atoms. The van der Waals surface area contributed by atoms with Crippen LogP contribution in [0.2, 0.25) is 0 Å². The van der Waals surface area contributed by atoms with Gasteiger partial charge in [0.05, 0.1) is 23.1 Å². The SMILES string of the molecule is N#Cc1ccc(CN(Cc2cccc(F)c2)C(=O)CC2CCS(=O)(=O)C2)cc1. The van der Waals surface area contributed by atoms with E-state index < -0.39 is 9.84 Å². The Morgan fingerprint density at radius 1 is 1.14 bits per heavy atom. The molecule has 0 aliphatic carbocycles. The monoisotopic (exact) mass is 400 g/mol. The lowest BCUT2D eigenvalue weighted by Gasteiger charge is -2.24. The van der Waals surface area contributed by atoms with Gasteiger partial charge in [0.15, 0.2) is 9.84 Å². The van der Waals surface area contributed by atoms with E-state index in [9.17, 15) is 17.6 Å². The summed E-state index contributed by atoms with van der Waals surface area (Å²) in [6.07, 6.45) is 0.656. The molecule has 0 saturated carbocycles. The van der Waals surface area contributed by atoms with E-state index >= 15 is 0 Å². The van der Waals surface area contributed by atoms with Crippen LogP contribution in [-0.2, 0) is 27.7 Å². The van der Waals surface area contributed by atoms with E-state index in [0.29, 0.717) is 24.1 Å². The molecule has 1 aliphatic heterocycles. The molecule has 3 rings (SSSR count). The van der Waals surface area contributed by atoms with Crippen LogP contribution in [0.4, 0.5) is 4.39 Å². The van der Waals surface area contributed by atoms with E-state index in [2.05, 4.69) is 6.07 Å². The van der Waals surface area contributed by atoms with Gasteiger partial charge in [-0.05, 0) is 47.7 Å². The quantitative estimate of drug-likeness (QED) is 0.747. The van der Waals surface area contributed by atoms with E-state index in [1.165, 1.54) is 12.1 Å². The van der Waals surface area contributed by atoms with Crippen molar-refractivity contribution >= 4 is 15.7 Å². The predicted molar refractivity (Wildman–Crippen MR) is 103 cm³/mol. The van der Waals surface area contributed by atoms with Crippen LogP contribution in [0, 0.1) is 23.1 Å². The number of benzene rings is 2. The normalized spacial score (nSPS) is 17.8. The molecule has 7 heteroatoms. The van der Waals surface area contributed by atoms with Crippen LogP contribution < -0.4 is 0 Å². The zero-order chi connectivity index (χ0) is 20.1. The van der Waals surface area contributed by atoms with Crippen LogP contribution in [0.1, 0.15) is 29.5 Å². The minimum atomic E-state index is -3.05. The standard InChI is InChI=1S/C21H21FN2O3S/c22-20-3-1-2-18(10-20)14-24(13-17-6-4-16(12-23)5-7-17)21(25)11-19-8-9-28(26,27)15-19/h1-7,10,19H,8-9,11,13-15H2. The first-order valence-corrected chi connectivity index (χ1v) is 10.9. The molecule has 0 bridgehead atoms. The van der Waals surface area contributed by atoms with Crippen LogP contribution in [-0.4, -0.2) is 30.7 Å². The largest absolute Gasteiger partial charge is 0.334 e. The first-order valence-electron chi connectivity index (χ1n) is 9.06. The number of nitrogens with zero attached hydrogens (tertiary/aromatic N) is 2. The van der Waals surface area contributed by atoms with Crippen molar-refractivity contribution in [1.82, 2.24) is 4.90 Å². The van der Waals surface area contributed by atoms with Crippen molar-refractivity contribution < 1.29 is 17.6 Å². The zero-order valence-corrected chi connectivity index (χ0v) is 16.2. The number of sulfone groups is 1. The number of nitriles is 1. The van der Waals surface area contributed by atoms with Gasteiger partial charge in [0.1, 0.15) is 5.82 Å². The van der Waals surface area contributed by atoms with Gasteiger partial charge in [0.25, 0.3) is 0 Å². The summed E-state index contributed by atoms with van der Waals surface area (Å²) >= 11 is 0. The Morgan fingerprint density at radius 3 is 2.46 bits per heavy atom. The summed E-state index contributed by atoms with van der Waals surface area (Å²) in [5.74, 6) is -0.525. The summed E-state index contributed by atoms with van der Waals surface area (Å²) in [4.78, 5) is 14.5. The van der Waals surface area contributed by atoms with Crippen molar-refractivity contribution in [1.29, 1.82) is 5.26 Å². The van der Waals surface area contributed by atoms with Crippen LogP contribution >= 0.6 is 0 Å². The van der Waals surface area contributed by atoms with Crippen LogP contribution in [0.3, 0.4) is 0 Å². The minimum Gasteiger partial charge on any atom is -0.334 e. The van der Waals surface area contributed by atoms with Crippen LogP contribution in [0.15, 0.2) is 48.5 Å². The van der Waals surface area contributed by atoms with Gasteiger partial charge in [-0.3, -0.25) is 4.79 Å². The maximum atomic E-state index is 13.5. The molecule has 1 fully saturated rings. The van der Waals surface area contributed by atoms with Gasteiger partial charge in [-0.25, -0.2) is 12.8 Å². The van der Waals surface area contributed by atoms with Crippen LogP contribution in [0.5, 0.6) is 0 Å². The van der Waals surface area contributed by atoms with Crippen molar-refractivity contribution in [2.75, 3.05) is 11.5 Å². The lowest BCUT2D eigenvalue weighted by Crippen LogP contribution is -2.31. The Bertz CT molecular complexity index is 997. The molecule has 2 aromatic rings. The third-order valence-electron chi connectivity index (χ3n) is 4.86. The topological polar surface area (TPSA) is 78.2 Å². The molecule has 1 amide bonds. The molecule has 5 nitrogen and oxygen atoms in total. The summed E-state index contributed by atoms with van der Waals surface area (Å²) < 4.78 is 36.9. The Morgan fingerprint density at radius 2 is 1.86 bits per heavy atom. The molecule has 0 N–H and O–H groups in total. The first-order chi connectivity index (χ1) is 13.3. The first kappa shape index (κ1) is 20.0. The third-order valence-corrected chi connectivity index (χ3v) is 6.70. The number of carbonyl (C=O) groups is 1. The third kappa shape index (κ3) is 5.40. The number of hydrogen-bond donors (Lipinski definition) is 0. The molecule has 1 unspecified atom stereocenters. The van der Waals surface area contributed by atoms with Crippen molar-refractivity contribution in [2.24, 2.45) is 5.92 Å². The second-order valence-electron chi connectivity index (χ2n) is 7.16. The van der Waals surface area contributed by atoms with E-state index in [4.69, 9.17) is 5.26 Å². The lowest BCUT2D eigenvalue weighted by atomic mass is 10.0. The fourth-order valence-corrected chi connectivity index (χ4v) is 5.26. The highest BCUT2D eigenvalue weighted by Crippen LogP contribution is 2.23. The van der Waals surface area contributed by atoms with Gasteiger partial charge >= 0.3 is 0 Å².